The van der Waals surface area contributed by atoms with Crippen molar-refractivity contribution >= 4 is 12.6 Å². The van der Waals surface area contributed by atoms with E-state index in [-0.39, 0.29) is 5.25 Å². The van der Waals surface area contributed by atoms with Crippen LogP contribution in [0.5, 0.6) is 5.75 Å². The van der Waals surface area contributed by atoms with Crippen LogP contribution in [-0.2, 0) is 0 Å². The van der Waals surface area contributed by atoms with Gasteiger partial charge in [-0.2, -0.15) is 12.6 Å². The first-order chi connectivity index (χ1) is 6.75. The van der Waals surface area contributed by atoms with Gasteiger partial charge < -0.3 is 5.11 Å². The normalized spacial score (nSPS) is 12.7. The van der Waals surface area contributed by atoms with E-state index < -0.39 is 0 Å². The number of aromatic hydroxyl groups is 1. The van der Waals surface area contributed by atoms with Crippen molar-refractivity contribution in [2.45, 2.75) is 37.9 Å². The Balaban J connectivity index is 2.51. The SMILES string of the molecule is CCCCCC(S)c1ccccc1O. The van der Waals surface area contributed by atoms with Gasteiger partial charge in [0.2, 0.25) is 0 Å². The number of benzene rings is 1. The molecule has 2 heteroatoms. The highest BCUT2D eigenvalue weighted by Crippen LogP contribution is 2.31. The largest absolute Gasteiger partial charge is 0.508 e. The van der Waals surface area contributed by atoms with Crippen molar-refractivity contribution in [1.29, 1.82) is 0 Å². The summed E-state index contributed by atoms with van der Waals surface area (Å²) in [4.78, 5) is 0. The van der Waals surface area contributed by atoms with Crippen LogP contribution in [0.3, 0.4) is 0 Å². The predicted octanol–water partition coefficient (Wildman–Crippen LogP) is 3.94. The molecule has 0 radical (unpaired) electrons. The molecule has 0 saturated carbocycles. The second-order valence-corrected chi connectivity index (χ2v) is 4.19. The molecular formula is C12H18OS. The maximum Gasteiger partial charge on any atom is 0.119 e. The van der Waals surface area contributed by atoms with Gasteiger partial charge in [0.05, 0.1) is 0 Å². The van der Waals surface area contributed by atoms with Crippen LogP contribution in [0.25, 0.3) is 0 Å². The zero-order valence-corrected chi connectivity index (χ0v) is 9.50. The highest BCUT2D eigenvalue weighted by atomic mass is 32.1. The second kappa shape index (κ2) is 5.97. The molecule has 1 aromatic carbocycles. The topological polar surface area (TPSA) is 20.2 Å². The quantitative estimate of drug-likeness (QED) is 0.557. The zero-order valence-electron chi connectivity index (χ0n) is 8.61. The molecule has 1 nitrogen and oxygen atoms in total. The van der Waals surface area contributed by atoms with Gasteiger partial charge in [-0.3, -0.25) is 0 Å². The Hall–Kier alpha value is -0.630. The first-order valence-corrected chi connectivity index (χ1v) is 5.73. The minimum Gasteiger partial charge on any atom is -0.508 e. The molecule has 0 bridgehead atoms. The molecule has 0 fully saturated rings. The Bertz CT molecular complexity index is 273. The van der Waals surface area contributed by atoms with Crippen LogP contribution >= 0.6 is 12.6 Å². The first-order valence-electron chi connectivity index (χ1n) is 5.21. The molecule has 0 aliphatic heterocycles. The molecule has 0 heterocycles. The Morgan fingerprint density at radius 1 is 1.29 bits per heavy atom. The van der Waals surface area contributed by atoms with Crippen molar-refractivity contribution in [3.63, 3.8) is 0 Å². The molecule has 1 aromatic rings. The van der Waals surface area contributed by atoms with Crippen LogP contribution in [0.4, 0.5) is 0 Å². The van der Waals surface area contributed by atoms with E-state index in [1.807, 2.05) is 18.2 Å². The molecule has 0 aromatic heterocycles. The molecule has 0 aliphatic carbocycles. The van der Waals surface area contributed by atoms with E-state index in [9.17, 15) is 5.11 Å². The molecule has 0 saturated heterocycles. The molecular weight excluding hydrogens is 192 g/mol. The summed E-state index contributed by atoms with van der Waals surface area (Å²) in [5.41, 5.74) is 0.951. The Morgan fingerprint density at radius 2 is 2.00 bits per heavy atom. The summed E-state index contributed by atoms with van der Waals surface area (Å²) in [7, 11) is 0. The van der Waals surface area contributed by atoms with Crippen LogP contribution in [-0.4, -0.2) is 5.11 Å². The van der Waals surface area contributed by atoms with Gasteiger partial charge in [0.25, 0.3) is 0 Å². The molecule has 0 aliphatic rings. The van der Waals surface area contributed by atoms with E-state index in [1.165, 1.54) is 19.3 Å². The molecule has 1 atom stereocenters. The molecule has 1 rings (SSSR count). The Morgan fingerprint density at radius 3 is 2.64 bits per heavy atom. The van der Waals surface area contributed by atoms with Crippen LogP contribution in [0.15, 0.2) is 24.3 Å². The van der Waals surface area contributed by atoms with Crippen molar-refractivity contribution in [3.8, 4) is 5.75 Å². The summed E-state index contributed by atoms with van der Waals surface area (Å²) in [5.74, 6) is 0.365. The van der Waals surface area contributed by atoms with Gasteiger partial charge in [-0.25, -0.2) is 0 Å². The molecule has 0 spiro atoms. The summed E-state index contributed by atoms with van der Waals surface area (Å²) < 4.78 is 0. The standard InChI is InChI=1S/C12H18OS/c1-2-3-4-9-12(14)10-7-5-6-8-11(10)13/h5-8,12-14H,2-4,9H2,1H3. The third kappa shape index (κ3) is 3.26. The lowest BCUT2D eigenvalue weighted by Gasteiger charge is -2.11. The van der Waals surface area contributed by atoms with Crippen molar-refractivity contribution < 1.29 is 5.11 Å². The Kier molecular flexibility index (Phi) is 4.88. The number of phenolic OH excluding ortho intramolecular Hbond substituents is 1. The lowest BCUT2D eigenvalue weighted by Crippen LogP contribution is -1.91. The number of unbranched alkanes of at least 4 members (excludes halogenated alkanes) is 2. The van der Waals surface area contributed by atoms with E-state index >= 15 is 0 Å². The monoisotopic (exact) mass is 210 g/mol. The number of para-hydroxylation sites is 1. The fourth-order valence-corrected chi connectivity index (χ4v) is 1.91. The number of hydrogen-bond donors (Lipinski definition) is 2. The second-order valence-electron chi connectivity index (χ2n) is 3.57. The average molecular weight is 210 g/mol. The van der Waals surface area contributed by atoms with Gasteiger partial charge in [0.15, 0.2) is 0 Å². The summed E-state index contributed by atoms with van der Waals surface area (Å²) in [6.07, 6.45) is 4.68. The fourth-order valence-electron chi connectivity index (χ4n) is 1.51. The summed E-state index contributed by atoms with van der Waals surface area (Å²) in [5, 5.41) is 9.76. The minimum atomic E-state index is 0.169. The fraction of sp³-hybridized carbons (Fsp3) is 0.500. The number of phenols is 1. The third-order valence-corrected chi connectivity index (χ3v) is 2.91. The van der Waals surface area contributed by atoms with E-state index in [4.69, 9.17) is 0 Å². The summed E-state index contributed by atoms with van der Waals surface area (Å²) in [6.45, 7) is 2.19. The van der Waals surface area contributed by atoms with E-state index in [0.717, 1.165) is 12.0 Å². The number of hydrogen-bond acceptors (Lipinski definition) is 2. The van der Waals surface area contributed by atoms with Crippen LogP contribution in [0, 0.1) is 0 Å². The van der Waals surface area contributed by atoms with Crippen molar-refractivity contribution in [1.82, 2.24) is 0 Å². The predicted molar refractivity (Wildman–Crippen MR) is 64.0 cm³/mol. The van der Waals surface area contributed by atoms with Crippen LogP contribution in [0.1, 0.15) is 43.4 Å². The average Bonchev–Trinajstić information content (AvgIpc) is 2.18. The van der Waals surface area contributed by atoms with Crippen LogP contribution in [0.2, 0.25) is 0 Å². The van der Waals surface area contributed by atoms with Gasteiger partial charge in [-0.15, -0.1) is 0 Å². The molecule has 1 N–H and O–H groups in total. The number of thiol groups is 1. The molecule has 0 amide bonds. The molecule has 1 unspecified atom stereocenters. The summed E-state index contributed by atoms with van der Waals surface area (Å²) >= 11 is 4.50. The lowest BCUT2D eigenvalue weighted by atomic mass is 10.0. The number of rotatable bonds is 5. The van der Waals surface area contributed by atoms with Gasteiger partial charge in [0.1, 0.15) is 5.75 Å². The maximum atomic E-state index is 9.59. The van der Waals surface area contributed by atoms with Crippen molar-refractivity contribution in [2.24, 2.45) is 0 Å². The molecule has 14 heavy (non-hydrogen) atoms. The minimum absolute atomic E-state index is 0.169. The van der Waals surface area contributed by atoms with Crippen molar-refractivity contribution in [3.05, 3.63) is 29.8 Å². The lowest BCUT2D eigenvalue weighted by molar-refractivity contribution is 0.465. The van der Waals surface area contributed by atoms with Crippen LogP contribution < -0.4 is 0 Å². The maximum absolute atomic E-state index is 9.59. The Labute approximate surface area is 91.6 Å². The van der Waals surface area contributed by atoms with Crippen molar-refractivity contribution in [2.75, 3.05) is 0 Å². The highest BCUT2D eigenvalue weighted by Gasteiger charge is 2.09. The van der Waals surface area contributed by atoms with E-state index in [2.05, 4.69) is 19.6 Å². The summed E-state index contributed by atoms with van der Waals surface area (Å²) in [6, 6.07) is 7.45. The van der Waals surface area contributed by atoms with E-state index in [0.29, 0.717) is 5.75 Å². The smallest absolute Gasteiger partial charge is 0.119 e. The van der Waals surface area contributed by atoms with Gasteiger partial charge in [0, 0.05) is 10.8 Å². The van der Waals surface area contributed by atoms with E-state index in [1.54, 1.807) is 6.07 Å². The highest BCUT2D eigenvalue weighted by molar-refractivity contribution is 7.80. The van der Waals surface area contributed by atoms with Gasteiger partial charge in [-0.1, -0.05) is 44.4 Å². The zero-order chi connectivity index (χ0) is 10.4. The van der Waals surface area contributed by atoms with Gasteiger partial charge in [-0.05, 0) is 12.5 Å². The third-order valence-electron chi connectivity index (χ3n) is 2.38. The molecule has 78 valence electrons. The van der Waals surface area contributed by atoms with Gasteiger partial charge >= 0.3 is 0 Å². The first kappa shape index (κ1) is 11.4.